The second kappa shape index (κ2) is 8.12. The van der Waals surface area contributed by atoms with E-state index in [-0.39, 0.29) is 12.0 Å². The summed E-state index contributed by atoms with van der Waals surface area (Å²) in [5.74, 6) is 2.34. The van der Waals surface area contributed by atoms with Gasteiger partial charge in [0.05, 0.1) is 18.8 Å². The molecule has 1 saturated heterocycles. The van der Waals surface area contributed by atoms with Crippen LogP contribution in [0.5, 0.6) is 0 Å². The van der Waals surface area contributed by atoms with E-state index in [1.807, 2.05) is 56.6 Å². The highest BCUT2D eigenvalue weighted by Crippen LogP contribution is 2.33. The Kier molecular flexibility index (Phi) is 5.41. The molecule has 1 aromatic carbocycles. The number of rotatable bonds is 5. The third kappa shape index (κ3) is 4.08. The predicted molar refractivity (Wildman–Crippen MR) is 107 cm³/mol. The van der Waals surface area contributed by atoms with Crippen molar-refractivity contribution in [3.8, 4) is 11.3 Å². The monoisotopic (exact) mass is 379 g/mol. The van der Waals surface area contributed by atoms with Crippen molar-refractivity contribution >= 4 is 5.69 Å². The number of aliphatic hydroxyl groups is 1. The van der Waals surface area contributed by atoms with Gasteiger partial charge in [-0.15, -0.1) is 0 Å². The van der Waals surface area contributed by atoms with Gasteiger partial charge in [-0.1, -0.05) is 12.1 Å². The molecule has 3 heterocycles. The van der Waals surface area contributed by atoms with Gasteiger partial charge >= 0.3 is 0 Å². The zero-order chi connectivity index (χ0) is 19.5. The van der Waals surface area contributed by atoms with E-state index >= 15 is 0 Å². The molecular formula is C22H25N3O3. The number of aryl methyl sites for hydroxylation is 2. The van der Waals surface area contributed by atoms with Gasteiger partial charge < -0.3 is 19.6 Å². The fraction of sp³-hybridized carbons (Fsp3) is 0.364. The molecule has 0 saturated carbocycles. The number of benzene rings is 1. The third-order valence-electron chi connectivity index (χ3n) is 5.16. The zero-order valence-corrected chi connectivity index (χ0v) is 16.1. The highest BCUT2D eigenvalue weighted by molar-refractivity contribution is 5.64. The Morgan fingerprint density at radius 1 is 1.14 bits per heavy atom. The Balaban J connectivity index is 1.64. The lowest BCUT2D eigenvalue weighted by Gasteiger charge is -2.35. The second-order valence-electron chi connectivity index (χ2n) is 7.27. The molecule has 1 aliphatic rings. The summed E-state index contributed by atoms with van der Waals surface area (Å²) in [6, 6.07) is 11.8. The Hall–Kier alpha value is -2.70. The Bertz CT molecular complexity index is 923. The molecule has 6 heteroatoms. The first kappa shape index (κ1) is 18.7. The van der Waals surface area contributed by atoms with Crippen molar-refractivity contribution in [2.75, 3.05) is 18.5 Å². The summed E-state index contributed by atoms with van der Waals surface area (Å²) >= 11 is 0. The molecule has 146 valence electrons. The lowest BCUT2D eigenvalue weighted by atomic mass is 9.87. The summed E-state index contributed by atoms with van der Waals surface area (Å²) < 4.78 is 11.4. The molecule has 4 rings (SSSR count). The first-order valence-electron chi connectivity index (χ1n) is 9.58. The minimum atomic E-state index is -0.441. The van der Waals surface area contributed by atoms with E-state index < -0.39 is 6.10 Å². The van der Waals surface area contributed by atoms with Crippen LogP contribution in [0.15, 0.2) is 53.2 Å². The summed E-state index contributed by atoms with van der Waals surface area (Å²) in [5.41, 5.74) is 2.87. The number of nitrogens with zero attached hydrogens (tertiary/aromatic N) is 2. The number of furan rings is 1. The van der Waals surface area contributed by atoms with Crippen molar-refractivity contribution in [2.45, 2.75) is 32.4 Å². The van der Waals surface area contributed by atoms with Crippen LogP contribution in [0.2, 0.25) is 0 Å². The zero-order valence-electron chi connectivity index (χ0n) is 16.1. The van der Waals surface area contributed by atoms with Crippen molar-refractivity contribution in [2.24, 2.45) is 5.92 Å². The maximum absolute atomic E-state index is 10.6. The van der Waals surface area contributed by atoms with E-state index in [2.05, 4.69) is 21.4 Å². The van der Waals surface area contributed by atoms with E-state index in [9.17, 15) is 5.11 Å². The van der Waals surface area contributed by atoms with Gasteiger partial charge in [-0.2, -0.15) is 0 Å². The largest absolute Gasteiger partial charge is 0.461 e. The van der Waals surface area contributed by atoms with Crippen LogP contribution in [0.1, 0.15) is 29.6 Å². The number of aromatic nitrogens is 2. The molecule has 0 radical (unpaired) electrons. The summed E-state index contributed by atoms with van der Waals surface area (Å²) in [5, 5.41) is 14.2. The number of hydrogen-bond donors (Lipinski definition) is 2. The molecule has 2 N–H and O–H groups in total. The highest BCUT2D eigenvalue weighted by Gasteiger charge is 2.33. The normalized spacial score (nSPS) is 20.7. The van der Waals surface area contributed by atoms with Gasteiger partial charge in [0, 0.05) is 41.7 Å². The molecule has 6 nitrogen and oxygen atoms in total. The van der Waals surface area contributed by atoms with Gasteiger partial charge in [0.25, 0.3) is 0 Å². The molecule has 0 amide bonds. The van der Waals surface area contributed by atoms with E-state index in [1.54, 1.807) is 0 Å². The van der Waals surface area contributed by atoms with E-state index in [4.69, 9.17) is 9.15 Å². The molecule has 0 unspecified atom stereocenters. The summed E-state index contributed by atoms with van der Waals surface area (Å²) in [6.07, 6.45) is 3.83. The molecular weight excluding hydrogens is 354 g/mol. The SMILES string of the molecule is Cc1ncc([C@@H](Nc2cccc(-c3ccc(C)o3)c2)[C@@H]2COCC[C@@H]2O)cn1. The lowest BCUT2D eigenvalue weighted by molar-refractivity contribution is -0.0424. The van der Waals surface area contributed by atoms with Gasteiger partial charge in [0.1, 0.15) is 17.3 Å². The number of nitrogens with one attached hydrogen (secondary N) is 1. The van der Waals surface area contributed by atoms with E-state index in [0.717, 1.165) is 34.2 Å². The van der Waals surface area contributed by atoms with Crippen LogP contribution >= 0.6 is 0 Å². The van der Waals surface area contributed by atoms with E-state index in [0.29, 0.717) is 19.6 Å². The topological polar surface area (TPSA) is 80.4 Å². The predicted octanol–water partition coefficient (Wildman–Crippen LogP) is 3.90. The van der Waals surface area contributed by atoms with Gasteiger partial charge in [-0.25, -0.2) is 9.97 Å². The van der Waals surface area contributed by atoms with Crippen LogP contribution in [-0.4, -0.2) is 34.4 Å². The molecule has 28 heavy (non-hydrogen) atoms. The standard InChI is InChI=1S/C22H25N3O3/c1-14-6-7-21(28-14)16-4-3-5-18(10-16)25-22(17-11-23-15(2)24-12-17)19-13-27-9-8-20(19)26/h3-7,10-12,19-20,22,25-26H,8-9,13H2,1-2H3/t19-,20+,22-/m1/s1. The molecule has 0 aliphatic carbocycles. The number of ether oxygens (including phenoxy) is 1. The fourth-order valence-corrected chi connectivity index (χ4v) is 3.60. The lowest BCUT2D eigenvalue weighted by Crippen LogP contribution is -2.39. The van der Waals surface area contributed by atoms with Crippen molar-refractivity contribution in [1.82, 2.24) is 9.97 Å². The molecule has 1 fully saturated rings. The average molecular weight is 379 g/mol. The first-order chi connectivity index (χ1) is 13.6. The van der Waals surface area contributed by atoms with Crippen molar-refractivity contribution in [1.29, 1.82) is 0 Å². The summed E-state index contributed by atoms with van der Waals surface area (Å²) in [4.78, 5) is 8.68. The maximum atomic E-state index is 10.6. The van der Waals surface area contributed by atoms with Crippen LogP contribution in [0, 0.1) is 19.8 Å². The molecule has 2 aromatic heterocycles. The Morgan fingerprint density at radius 2 is 1.96 bits per heavy atom. The molecule has 1 aliphatic heterocycles. The minimum absolute atomic E-state index is 0.0884. The van der Waals surface area contributed by atoms with Gasteiger partial charge in [0.15, 0.2) is 0 Å². The van der Waals surface area contributed by atoms with Crippen LogP contribution in [0.3, 0.4) is 0 Å². The Labute approximate surface area is 164 Å². The molecule has 0 spiro atoms. The Morgan fingerprint density at radius 3 is 2.68 bits per heavy atom. The highest BCUT2D eigenvalue weighted by atomic mass is 16.5. The van der Waals surface area contributed by atoms with Crippen LogP contribution < -0.4 is 5.32 Å². The smallest absolute Gasteiger partial charge is 0.134 e. The molecule has 0 bridgehead atoms. The second-order valence-corrected chi connectivity index (χ2v) is 7.27. The van der Waals surface area contributed by atoms with Crippen LogP contribution in [0.25, 0.3) is 11.3 Å². The third-order valence-corrected chi connectivity index (χ3v) is 5.16. The first-order valence-corrected chi connectivity index (χ1v) is 9.58. The summed E-state index contributed by atoms with van der Waals surface area (Å²) in [6.45, 7) is 4.87. The maximum Gasteiger partial charge on any atom is 0.134 e. The average Bonchev–Trinajstić information content (AvgIpc) is 3.14. The van der Waals surface area contributed by atoms with Crippen molar-refractivity contribution < 1.29 is 14.3 Å². The van der Waals surface area contributed by atoms with Gasteiger partial charge in [-0.05, 0) is 44.5 Å². The molecule has 3 atom stereocenters. The van der Waals surface area contributed by atoms with Crippen LogP contribution in [0.4, 0.5) is 5.69 Å². The van der Waals surface area contributed by atoms with Crippen LogP contribution in [-0.2, 0) is 4.74 Å². The van der Waals surface area contributed by atoms with Crippen molar-refractivity contribution in [3.05, 3.63) is 65.9 Å². The van der Waals surface area contributed by atoms with E-state index in [1.165, 1.54) is 0 Å². The number of aliphatic hydroxyl groups excluding tert-OH is 1. The number of hydrogen-bond acceptors (Lipinski definition) is 6. The number of anilines is 1. The molecule has 3 aromatic rings. The van der Waals surface area contributed by atoms with Gasteiger partial charge in [-0.3, -0.25) is 0 Å². The van der Waals surface area contributed by atoms with Crippen molar-refractivity contribution in [3.63, 3.8) is 0 Å². The summed E-state index contributed by atoms with van der Waals surface area (Å²) in [7, 11) is 0. The quantitative estimate of drug-likeness (QED) is 0.700. The fourth-order valence-electron chi connectivity index (χ4n) is 3.60. The minimum Gasteiger partial charge on any atom is -0.461 e. The van der Waals surface area contributed by atoms with Gasteiger partial charge in [0.2, 0.25) is 0 Å².